The summed E-state index contributed by atoms with van der Waals surface area (Å²) in [6.07, 6.45) is 5.33. The number of nitrogens with one attached hydrogen (secondary N) is 1. The minimum atomic E-state index is 0.407. The van der Waals surface area contributed by atoms with Gasteiger partial charge in [-0.3, -0.25) is 0 Å². The average molecular weight is 238 g/mol. The molecule has 0 aliphatic heterocycles. The predicted octanol–water partition coefficient (Wildman–Crippen LogP) is 2.49. The third-order valence-electron chi connectivity index (χ3n) is 3.39. The molecule has 0 amide bonds. The minimum absolute atomic E-state index is 0.407. The van der Waals surface area contributed by atoms with E-state index >= 15 is 0 Å². The van der Waals surface area contributed by atoms with Gasteiger partial charge in [-0.05, 0) is 38.6 Å². The Hall–Kier alpha value is -0.870. The van der Waals surface area contributed by atoms with Gasteiger partial charge in [0.25, 0.3) is 0 Å². The van der Waals surface area contributed by atoms with Crippen LogP contribution in [0.1, 0.15) is 44.1 Å². The monoisotopic (exact) mass is 238 g/mol. The molecule has 4 heteroatoms. The third-order valence-corrected chi connectivity index (χ3v) is 3.39. The molecule has 0 bridgehead atoms. The summed E-state index contributed by atoms with van der Waals surface area (Å²) in [4.78, 5) is 0. The summed E-state index contributed by atoms with van der Waals surface area (Å²) in [5.41, 5.74) is 0.934. The van der Waals surface area contributed by atoms with Gasteiger partial charge in [0.15, 0.2) is 5.76 Å². The Kier molecular flexibility index (Phi) is 4.57. The molecule has 0 aromatic carbocycles. The van der Waals surface area contributed by atoms with Crippen molar-refractivity contribution in [3.8, 4) is 0 Å². The topological polar surface area (TPSA) is 47.3 Å². The van der Waals surface area contributed by atoms with Crippen LogP contribution >= 0.6 is 0 Å². The van der Waals surface area contributed by atoms with E-state index in [2.05, 4.69) is 17.4 Å². The molecule has 1 aliphatic rings. The van der Waals surface area contributed by atoms with Crippen LogP contribution in [0.5, 0.6) is 0 Å². The molecule has 1 N–H and O–H groups in total. The van der Waals surface area contributed by atoms with Crippen LogP contribution in [-0.4, -0.2) is 18.3 Å². The molecular weight excluding hydrogens is 216 g/mol. The van der Waals surface area contributed by atoms with Crippen LogP contribution in [0.3, 0.4) is 0 Å². The van der Waals surface area contributed by atoms with Gasteiger partial charge in [-0.15, -0.1) is 0 Å². The van der Waals surface area contributed by atoms with Gasteiger partial charge >= 0.3 is 0 Å². The fourth-order valence-electron chi connectivity index (χ4n) is 2.28. The van der Waals surface area contributed by atoms with Gasteiger partial charge in [-0.25, -0.2) is 0 Å². The quantitative estimate of drug-likeness (QED) is 0.856. The lowest BCUT2D eigenvalue weighted by Gasteiger charge is -2.25. The second kappa shape index (κ2) is 6.17. The Balaban J connectivity index is 1.73. The van der Waals surface area contributed by atoms with E-state index in [9.17, 15) is 0 Å². The lowest BCUT2D eigenvalue weighted by Crippen LogP contribution is -2.20. The first-order valence-corrected chi connectivity index (χ1v) is 6.48. The van der Waals surface area contributed by atoms with E-state index in [0.717, 1.165) is 23.9 Å². The second-order valence-corrected chi connectivity index (χ2v) is 5.01. The molecule has 0 atom stereocenters. The number of hydrogen-bond acceptors (Lipinski definition) is 4. The maximum absolute atomic E-state index is 5.85. The van der Waals surface area contributed by atoms with Crippen molar-refractivity contribution in [1.82, 2.24) is 10.5 Å². The maximum atomic E-state index is 5.85. The summed E-state index contributed by atoms with van der Waals surface area (Å²) in [6, 6.07) is 1.96. The van der Waals surface area contributed by atoms with E-state index in [1.54, 1.807) is 0 Å². The van der Waals surface area contributed by atoms with Crippen molar-refractivity contribution in [2.24, 2.45) is 5.92 Å². The van der Waals surface area contributed by atoms with Crippen molar-refractivity contribution in [1.29, 1.82) is 0 Å². The first-order chi connectivity index (χ1) is 8.28. The summed E-state index contributed by atoms with van der Waals surface area (Å²) in [6.45, 7) is 3.61. The van der Waals surface area contributed by atoms with Crippen molar-refractivity contribution < 1.29 is 9.26 Å². The molecule has 17 heavy (non-hydrogen) atoms. The first kappa shape index (κ1) is 12.6. The lowest BCUT2D eigenvalue weighted by molar-refractivity contribution is -0.000644. The van der Waals surface area contributed by atoms with Gasteiger partial charge in [-0.1, -0.05) is 12.1 Å². The van der Waals surface area contributed by atoms with Crippen molar-refractivity contribution in [3.05, 3.63) is 17.5 Å². The Morgan fingerprint density at radius 1 is 1.41 bits per heavy atom. The normalized spacial score (nSPS) is 25.1. The summed E-state index contributed by atoms with van der Waals surface area (Å²) in [5.74, 6) is 1.69. The second-order valence-electron chi connectivity index (χ2n) is 5.01. The molecule has 0 saturated heterocycles. The number of hydrogen-bond donors (Lipinski definition) is 1. The number of nitrogens with zero attached hydrogens (tertiary/aromatic N) is 1. The first-order valence-electron chi connectivity index (χ1n) is 6.48. The number of ether oxygens (including phenoxy) is 1. The van der Waals surface area contributed by atoms with Crippen LogP contribution in [0.15, 0.2) is 10.6 Å². The van der Waals surface area contributed by atoms with Gasteiger partial charge in [0.2, 0.25) is 0 Å². The van der Waals surface area contributed by atoms with Gasteiger partial charge in [-0.2, -0.15) is 0 Å². The summed E-state index contributed by atoms with van der Waals surface area (Å²) >= 11 is 0. The Morgan fingerprint density at radius 2 is 2.18 bits per heavy atom. The van der Waals surface area contributed by atoms with Gasteiger partial charge in [0.05, 0.1) is 11.8 Å². The molecule has 0 unspecified atom stereocenters. The Labute approximate surface area is 103 Å². The fraction of sp³-hybridized carbons (Fsp3) is 0.769. The smallest absolute Gasteiger partial charge is 0.162 e. The van der Waals surface area contributed by atoms with Gasteiger partial charge in [0.1, 0.15) is 6.61 Å². The highest BCUT2D eigenvalue weighted by Gasteiger charge is 2.19. The molecule has 1 fully saturated rings. The zero-order valence-electron chi connectivity index (χ0n) is 10.7. The minimum Gasteiger partial charge on any atom is -0.370 e. The van der Waals surface area contributed by atoms with Crippen molar-refractivity contribution >= 4 is 0 Å². The maximum Gasteiger partial charge on any atom is 0.162 e. The van der Waals surface area contributed by atoms with Crippen LogP contribution < -0.4 is 5.32 Å². The average Bonchev–Trinajstić information content (AvgIpc) is 2.77. The van der Waals surface area contributed by atoms with E-state index in [-0.39, 0.29) is 0 Å². The summed E-state index contributed by atoms with van der Waals surface area (Å²) in [5, 5.41) is 7.01. The SMILES string of the molecule is CNCc1cc(COC2CCC(C)CC2)on1. The van der Waals surface area contributed by atoms with Gasteiger partial charge in [0, 0.05) is 12.6 Å². The van der Waals surface area contributed by atoms with Crippen LogP contribution in [0.4, 0.5) is 0 Å². The lowest BCUT2D eigenvalue weighted by atomic mass is 9.89. The highest BCUT2D eigenvalue weighted by molar-refractivity contribution is 5.04. The molecule has 1 aromatic rings. The molecule has 1 saturated carbocycles. The molecule has 0 radical (unpaired) electrons. The molecule has 1 heterocycles. The van der Waals surface area contributed by atoms with E-state index < -0.39 is 0 Å². The fourth-order valence-corrected chi connectivity index (χ4v) is 2.28. The van der Waals surface area contributed by atoms with E-state index in [4.69, 9.17) is 9.26 Å². The molecule has 1 aromatic heterocycles. The molecule has 96 valence electrons. The van der Waals surface area contributed by atoms with Gasteiger partial charge < -0.3 is 14.6 Å². The number of rotatable bonds is 5. The highest BCUT2D eigenvalue weighted by atomic mass is 16.5. The van der Waals surface area contributed by atoms with Crippen LogP contribution in [0.25, 0.3) is 0 Å². The van der Waals surface area contributed by atoms with Crippen molar-refractivity contribution in [2.45, 2.75) is 51.9 Å². The Bertz CT molecular complexity index is 330. The van der Waals surface area contributed by atoms with Crippen molar-refractivity contribution in [2.75, 3.05) is 7.05 Å². The predicted molar refractivity (Wildman–Crippen MR) is 65.5 cm³/mol. The molecule has 1 aliphatic carbocycles. The third kappa shape index (κ3) is 3.82. The zero-order valence-corrected chi connectivity index (χ0v) is 10.7. The number of aromatic nitrogens is 1. The van der Waals surface area contributed by atoms with E-state index in [1.807, 2.05) is 13.1 Å². The Morgan fingerprint density at radius 3 is 2.88 bits per heavy atom. The highest BCUT2D eigenvalue weighted by Crippen LogP contribution is 2.26. The molecular formula is C13H22N2O2. The summed E-state index contributed by atoms with van der Waals surface area (Å²) in [7, 11) is 1.90. The molecule has 0 spiro atoms. The van der Waals surface area contributed by atoms with E-state index in [0.29, 0.717) is 12.7 Å². The largest absolute Gasteiger partial charge is 0.370 e. The van der Waals surface area contributed by atoms with Crippen molar-refractivity contribution in [3.63, 3.8) is 0 Å². The molecule has 4 nitrogen and oxygen atoms in total. The summed E-state index contributed by atoms with van der Waals surface area (Å²) < 4.78 is 11.1. The van der Waals surface area contributed by atoms with Crippen LogP contribution in [-0.2, 0) is 17.9 Å². The molecule has 2 rings (SSSR count). The zero-order chi connectivity index (χ0) is 12.1. The van der Waals surface area contributed by atoms with Crippen LogP contribution in [0, 0.1) is 5.92 Å². The van der Waals surface area contributed by atoms with Crippen LogP contribution in [0.2, 0.25) is 0 Å². The van der Waals surface area contributed by atoms with E-state index in [1.165, 1.54) is 25.7 Å². The standard InChI is InChI=1S/C13H22N2O2/c1-10-3-5-12(6-4-10)16-9-13-7-11(8-14-2)15-17-13/h7,10,12,14H,3-6,8-9H2,1-2H3.